The van der Waals surface area contributed by atoms with Crippen LogP contribution in [-0.2, 0) is 10.0 Å². The first-order valence-corrected chi connectivity index (χ1v) is 5.19. The molecule has 0 amide bonds. The second kappa shape index (κ2) is 2.76. The number of fused-ring (bicyclic) bond motifs is 1. The predicted octanol–water partition coefficient (Wildman–Crippen LogP) is 0.121. The zero-order valence-electron chi connectivity index (χ0n) is 6.88. The van der Waals surface area contributed by atoms with Gasteiger partial charge in [0, 0.05) is 6.20 Å². The van der Waals surface area contributed by atoms with Crippen LogP contribution in [0.3, 0.4) is 0 Å². The number of halogens is 1. The zero-order chi connectivity index (χ0) is 10.3. The smallest absolute Gasteiger partial charge is 0.257 e. The van der Waals surface area contributed by atoms with Crippen LogP contribution in [-0.4, -0.2) is 17.8 Å². The molecule has 7 heteroatoms. The quantitative estimate of drug-likeness (QED) is 0.734. The molecular formula is C7H6FN3O2S. The molecule has 2 rings (SSSR count). The summed E-state index contributed by atoms with van der Waals surface area (Å²) in [6.07, 6.45) is 2.68. The number of pyridine rings is 1. The van der Waals surface area contributed by atoms with Crippen molar-refractivity contribution in [3.63, 3.8) is 0 Å². The fourth-order valence-corrected chi connectivity index (χ4v) is 1.86. The summed E-state index contributed by atoms with van der Waals surface area (Å²) in [5, 5.41) is 4.42. The first kappa shape index (κ1) is 9.10. The average Bonchev–Trinajstić information content (AvgIpc) is 2.47. The zero-order valence-corrected chi connectivity index (χ0v) is 7.70. The van der Waals surface area contributed by atoms with Gasteiger partial charge < -0.3 is 4.40 Å². The molecule has 2 heterocycles. The molecule has 2 aromatic heterocycles. The summed E-state index contributed by atoms with van der Waals surface area (Å²) in [5.74, 6) is -0.672. The minimum atomic E-state index is -3.98. The van der Waals surface area contributed by atoms with Gasteiger partial charge in [-0.25, -0.2) is 22.9 Å². The van der Waals surface area contributed by atoms with Crippen LogP contribution in [0, 0.1) is 5.82 Å². The highest BCUT2D eigenvalue weighted by Gasteiger charge is 2.18. The number of primary sulfonamides is 1. The number of hydrogen-bond acceptors (Lipinski definition) is 3. The van der Waals surface area contributed by atoms with Gasteiger partial charge in [0.25, 0.3) is 10.0 Å². The maximum Gasteiger partial charge on any atom is 0.257 e. The van der Waals surface area contributed by atoms with E-state index < -0.39 is 20.9 Å². The first-order chi connectivity index (χ1) is 6.50. The molecule has 0 fully saturated rings. The van der Waals surface area contributed by atoms with Gasteiger partial charge in [0.2, 0.25) is 0 Å². The molecular weight excluding hydrogens is 209 g/mol. The Morgan fingerprint density at radius 1 is 1.50 bits per heavy atom. The summed E-state index contributed by atoms with van der Waals surface area (Å²) in [4.78, 5) is 3.54. The number of sulfonamides is 1. The Bertz CT molecular complexity index is 590. The van der Waals surface area contributed by atoms with E-state index in [9.17, 15) is 12.8 Å². The lowest BCUT2D eigenvalue weighted by Gasteiger charge is -1.96. The summed E-state index contributed by atoms with van der Waals surface area (Å²) < 4.78 is 36.5. The fourth-order valence-electron chi connectivity index (χ4n) is 1.19. The van der Waals surface area contributed by atoms with Crippen LogP contribution in [0.4, 0.5) is 4.39 Å². The van der Waals surface area contributed by atoms with Crippen molar-refractivity contribution in [1.82, 2.24) is 9.38 Å². The van der Waals surface area contributed by atoms with Crippen LogP contribution in [0.1, 0.15) is 0 Å². The van der Waals surface area contributed by atoms with E-state index in [1.165, 1.54) is 23.0 Å². The molecule has 0 aliphatic heterocycles. The Morgan fingerprint density at radius 2 is 2.21 bits per heavy atom. The van der Waals surface area contributed by atoms with Gasteiger partial charge >= 0.3 is 0 Å². The number of imidazole rings is 1. The van der Waals surface area contributed by atoms with E-state index in [0.717, 1.165) is 6.07 Å². The Labute approximate surface area is 79.0 Å². The SMILES string of the molecule is NS(=O)(=O)c1ncn2cccc(F)c12. The molecule has 0 unspecified atom stereocenters. The number of nitrogens with zero attached hydrogens (tertiary/aromatic N) is 2. The molecule has 2 aromatic rings. The molecule has 0 saturated heterocycles. The van der Waals surface area contributed by atoms with E-state index in [0.29, 0.717) is 0 Å². The van der Waals surface area contributed by atoms with Crippen molar-refractivity contribution in [2.75, 3.05) is 0 Å². The summed E-state index contributed by atoms with van der Waals surface area (Å²) in [6.45, 7) is 0. The molecule has 0 spiro atoms. The van der Waals surface area contributed by atoms with Crippen LogP contribution >= 0.6 is 0 Å². The third kappa shape index (κ3) is 1.26. The third-order valence-electron chi connectivity index (χ3n) is 1.75. The van der Waals surface area contributed by atoms with Crippen LogP contribution in [0.5, 0.6) is 0 Å². The number of nitrogens with two attached hydrogens (primary N) is 1. The van der Waals surface area contributed by atoms with E-state index in [1.54, 1.807) is 0 Å². The summed E-state index contributed by atoms with van der Waals surface area (Å²) in [6, 6.07) is 2.59. The second-order valence-electron chi connectivity index (χ2n) is 2.71. The lowest BCUT2D eigenvalue weighted by atomic mass is 10.4. The average molecular weight is 215 g/mol. The fraction of sp³-hybridized carbons (Fsp3) is 0. The highest BCUT2D eigenvalue weighted by molar-refractivity contribution is 7.89. The van der Waals surface area contributed by atoms with E-state index in [-0.39, 0.29) is 5.52 Å². The summed E-state index contributed by atoms with van der Waals surface area (Å²) in [7, 11) is -3.98. The summed E-state index contributed by atoms with van der Waals surface area (Å²) >= 11 is 0. The Hall–Kier alpha value is -1.47. The molecule has 0 radical (unpaired) electrons. The van der Waals surface area contributed by atoms with Crippen LogP contribution in [0.2, 0.25) is 0 Å². The van der Waals surface area contributed by atoms with E-state index in [1.807, 2.05) is 0 Å². The minimum absolute atomic E-state index is 0.130. The molecule has 0 aliphatic carbocycles. The van der Waals surface area contributed by atoms with Gasteiger partial charge in [-0.2, -0.15) is 0 Å². The van der Waals surface area contributed by atoms with Crippen molar-refractivity contribution in [3.8, 4) is 0 Å². The van der Waals surface area contributed by atoms with Gasteiger partial charge in [-0.15, -0.1) is 0 Å². The van der Waals surface area contributed by atoms with Gasteiger partial charge in [0.1, 0.15) is 17.7 Å². The molecule has 14 heavy (non-hydrogen) atoms. The summed E-state index contributed by atoms with van der Waals surface area (Å²) in [5.41, 5.74) is -0.130. The molecule has 2 N–H and O–H groups in total. The maximum atomic E-state index is 13.2. The van der Waals surface area contributed by atoms with Crippen molar-refractivity contribution in [2.45, 2.75) is 5.03 Å². The standard InChI is InChI=1S/C7H6FN3O2S/c8-5-2-1-3-11-4-10-7(6(5)11)14(9,12)13/h1-4H,(H2,9,12,13). The van der Waals surface area contributed by atoms with Crippen molar-refractivity contribution < 1.29 is 12.8 Å². The van der Waals surface area contributed by atoms with Gasteiger partial charge in [-0.1, -0.05) is 0 Å². The van der Waals surface area contributed by atoms with E-state index in [4.69, 9.17) is 5.14 Å². The van der Waals surface area contributed by atoms with Crippen molar-refractivity contribution in [2.24, 2.45) is 5.14 Å². The predicted molar refractivity (Wildman–Crippen MR) is 46.5 cm³/mol. The van der Waals surface area contributed by atoms with Gasteiger partial charge in [-0.3, -0.25) is 0 Å². The topological polar surface area (TPSA) is 77.5 Å². The first-order valence-electron chi connectivity index (χ1n) is 3.64. The molecule has 0 aliphatic rings. The molecule has 0 saturated carbocycles. The van der Waals surface area contributed by atoms with Gasteiger partial charge in [0.15, 0.2) is 5.03 Å². The van der Waals surface area contributed by atoms with E-state index >= 15 is 0 Å². The molecule has 74 valence electrons. The lowest BCUT2D eigenvalue weighted by Crippen LogP contribution is -2.13. The van der Waals surface area contributed by atoms with Crippen molar-refractivity contribution in [3.05, 3.63) is 30.5 Å². The molecule has 5 nitrogen and oxygen atoms in total. The highest BCUT2D eigenvalue weighted by Crippen LogP contribution is 2.16. The van der Waals surface area contributed by atoms with Crippen LogP contribution in [0.15, 0.2) is 29.7 Å². The van der Waals surface area contributed by atoms with Gasteiger partial charge in [-0.05, 0) is 12.1 Å². The third-order valence-corrected chi connectivity index (χ3v) is 2.58. The van der Waals surface area contributed by atoms with Crippen LogP contribution < -0.4 is 5.14 Å². The molecule has 0 bridgehead atoms. The number of aromatic nitrogens is 2. The Balaban J connectivity index is 2.94. The normalized spacial score (nSPS) is 12.1. The minimum Gasteiger partial charge on any atom is -0.303 e. The van der Waals surface area contributed by atoms with E-state index in [2.05, 4.69) is 4.98 Å². The number of hydrogen-bond donors (Lipinski definition) is 1. The highest BCUT2D eigenvalue weighted by atomic mass is 32.2. The molecule has 0 aromatic carbocycles. The maximum absolute atomic E-state index is 13.2. The lowest BCUT2D eigenvalue weighted by molar-refractivity contribution is 0.593. The Morgan fingerprint density at radius 3 is 2.86 bits per heavy atom. The second-order valence-corrected chi connectivity index (χ2v) is 4.18. The number of rotatable bonds is 1. The van der Waals surface area contributed by atoms with Crippen LogP contribution in [0.25, 0.3) is 5.52 Å². The molecule has 0 atom stereocenters. The van der Waals surface area contributed by atoms with Crippen molar-refractivity contribution >= 4 is 15.5 Å². The van der Waals surface area contributed by atoms with Crippen molar-refractivity contribution in [1.29, 1.82) is 0 Å². The largest absolute Gasteiger partial charge is 0.303 e. The Kier molecular flexibility index (Phi) is 1.79. The van der Waals surface area contributed by atoms with Gasteiger partial charge in [0.05, 0.1) is 0 Å². The monoisotopic (exact) mass is 215 g/mol.